The largest absolute Gasteiger partial charge is 0.467 e. The smallest absolute Gasteiger partial charge is 0.273 e. The minimum Gasteiger partial charge on any atom is -0.467 e. The SMILES string of the molecule is O=C(NC1=NC(c2ccco2)C(C(=O)C2CCOCC2)S1)c1ccc[nH]1. The Hall–Kier alpha value is -2.32. The van der Waals surface area contributed by atoms with E-state index in [2.05, 4.69) is 15.3 Å². The molecule has 0 bridgehead atoms. The lowest BCUT2D eigenvalue weighted by atomic mass is 9.90. The molecule has 0 aromatic carbocycles. The summed E-state index contributed by atoms with van der Waals surface area (Å²) < 4.78 is 10.9. The molecule has 0 radical (unpaired) electrons. The Labute approximate surface area is 154 Å². The molecule has 1 amide bonds. The summed E-state index contributed by atoms with van der Waals surface area (Å²) in [6.07, 6.45) is 4.71. The van der Waals surface area contributed by atoms with Gasteiger partial charge in [0.1, 0.15) is 22.7 Å². The molecular weight excluding hydrogens is 354 g/mol. The van der Waals surface area contributed by atoms with Crippen molar-refractivity contribution in [2.24, 2.45) is 10.9 Å². The standard InChI is InChI=1S/C18H19N3O4S/c22-15(11-5-9-24-10-6-11)16-14(13-4-2-8-25-13)20-18(26-16)21-17(23)12-3-1-7-19-12/h1-4,7-8,11,14,16,19H,5-6,9-10H2,(H,20,21,23). The molecule has 2 N–H and O–H groups in total. The monoisotopic (exact) mass is 373 g/mol. The van der Waals surface area contributed by atoms with Crippen molar-refractivity contribution in [1.82, 2.24) is 10.3 Å². The van der Waals surface area contributed by atoms with Gasteiger partial charge in [-0.15, -0.1) is 0 Å². The number of amidine groups is 1. The molecule has 136 valence electrons. The summed E-state index contributed by atoms with van der Waals surface area (Å²) in [5, 5.41) is 2.83. The molecule has 2 atom stereocenters. The maximum Gasteiger partial charge on any atom is 0.273 e. The highest BCUT2D eigenvalue weighted by Gasteiger charge is 2.41. The second kappa shape index (κ2) is 7.51. The number of carbonyl (C=O) groups is 2. The number of hydrogen-bond acceptors (Lipinski definition) is 6. The molecule has 2 aromatic rings. The van der Waals surface area contributed by atoms with E-state index in [9.17, 15) is 9.59 Å². The first-order valence-electron chi connectivity index (χ1n) is 8.56. The van der Waals surface area contributed by atoms with Crippen LogP contribution in [-0.4, -0.2) is 40.3 Å². The third-order valence-corrected chi connectivity index (χ3v) is 5.76. The number of aromatic amines is 1. The lowest BCUT2D eigenvalue weighted by Gasteiger charge is -2.24. The zero-order valence-corrected chi connectivity index (χ0v) is 14.8. The van der Waals surface area contributed by atoms with Crippen LogP contribution in [0, 0.1) is 5.92 Å². The minimum absolute atomic E-state index is 0.0348. The molecular formula is C18H19N3O4S. The van der Waals surface area contributed by atoms with Gasteiger partial charge in [-0.25, -0.2) is 4.99 Å². The zero-order chi connectivity index (χ0) is 17.9. The molecule has 0 spiro atoms. The van der Waals surface area contributed by atoms with Crippen LogP contribution in [0.1, 0.15) is 35.1 Å². The third kappa shape index (κ3) is 3.47. The van der Waals surface area contributed by atoms with Gasteiger partial charge in [-0.05, 0) is 37.1 Å². The van der Waals surface area contributed by atoms with Crippen LogP contribution in [0.3, 0.4) is 0 Å². The second-order valence-electron chi connectivity index (χ2n) is 6.26. The van der Waals surface area contributed by atoms with Gasteiger partial charge in [0.15, 0.2) is 11.0 Å². The van der Waals surface area contributed by atoms with E-state index in [0.29, 0.717) is 29.8 Å². The highest BCUT2D eigenvalue weighted by atomic mass is 32.2. The number of aliphatic imine (C=N–C) groups is 1. The second-order valence-corrected chi connectivity index (χ2v) is 7.39. The first-order chi connectivity index (χ1) is 12.7. The summed E-state index contributed by atoms with van der Waals surface area (Å²) in [7, 11) is 0. The average Bonchev–Trinajstić information content (AvgIpc) is 3.42. The Morgan fingerprint density at radius 1 is 1.23 bits per heavy atom. The molecule has 7 nitrogen and oxygen atoms in total. The average molecular weight is 373 g/mol. The van der Waals surface area contributed by atoms with Crippen LogP contribution in [-0.2, 0) is 9.53 Å². The maximum absolute atomic E-state index is 13.1. The summed E-state index contributed by atoms with van der Waals surface area (Å²) in [5.41, 5.74) is 0.446. The van der Waals surface area contributed by atoms with E-state index in [4.69, 9.17) is 9.15 Å². The van der Waals surface area contributed by atoms with Crippen LogP contribution >= 0.6 is 11.8 Å². The number of thioether (sulfide) groups is 1. The summed E-state index contributed by atoms with van der Waals surface area (Å²) in [5.74, 6) is 0.464. The topological polar surface area (TPSA) is 96.7 Å². The molecule has 2 aliphatic rings. The Bertz CT molecular complexity index is 795. The van der Waals surface area contributed by atoms with E-state index in [-0.39, 0.29) is 17.6 Å². The van der Waals surface area contributed by atoms with E-state index < -0.39 is 11.3 Å². The molecule has 8 heteroatoms. The van der Waals surface area contributed by atoms with E-state index in [0.717, 1.165) is 12.8 Å². The minimum atomic E-state index is -0.427. The van der Waals surface area contributed by atoms with Crippen LogP contribution in [0.4, 0.5) is 0 Å². The van der Waals surface area contributed by atoms with Crippen molar-refractivity contribution in [3.05, 3.63) is 48.2 Å². The number of aromatic nitrogens is 1. The number of amides is 1. The molecule has 4 rings (SSSR count). The Morgan fingerprint density at radius 3 is 2.77 bits per heavy atom. The Kier molecular flexibility index (Phi) is 4.94. The third-order valence-electron chi connectivity index (χ3n) is 4.58. The fourth-order valence-electron chi connectivity index (χ4n) is 3.21. The number of ketones is 1. The number of rotatable bonds is 4. The molecule has 1 fully saturated rings. The summed E-state index contributed by atoms with van der Waals surface area (Å²) in [6, 6.07) is 6.60. The van der Waals surface area contributed by atoms with Gasteiger partial charge in [0.05, 0.1) is 6.26 Å². The highest BCUT2D eigenvalue weighted by Crippen LogP contribution is 2.40. The van der Waals surface area contributed by atoms with Crippen LogP contribution < -0.4 is 5.32 Å². The molecule has 0 saturated carbocycles. The van der Waals surface area contributed by atoms with Gasteiger partial charge < -0.3 is 14.1 Å². The van der Waals surface area contributed by atoms with Crippen LogP contribution in [0.5, 0.6) is 0 Å². The van der Waals surface area contributed by atoms with Gasteiger partial charge >= 0.3 is 0 Å². The fraction of sp³-hybridized carbons (Fsp3) is 0.389. The molecule has 2 aromatic heterocycles. The lowest BCUT2D eigenvalue weighted by Crippen LogP contribution is -2.33. The maximum atomic E-state index is 13.1. The van der Waals surface area contributed by atoms with Crippen molar-refractivity contribution in [3.63, 3.8) is 0 Å². The molecule has 4 heterocycles. The predicted octanol–water partition coefficient (Wildman–Crippen LogP) is 2.55. The molecule has 0 aliphatic carbocycles. The van der Waals surface area contributed by atoms with Crippen LogP contribution in [0.15, 0.2) is 46.1 Å². The number of Topliss-reactive ketones (excluding diaryl/α,β-unsaturated/α-hetero) is 1. The summed E-state index contributed by atoms with van der Waals surface area (Å²) in [6.45, 7) is 1.22. The Morgan fingerprint density at radius 2 is 2.08 bits per heavy atom. The van der Waals surface area contributed by atoms with E-state index >= 15 is 0 Å². The lowest BCUT2D eigenvalue weighted by molar-refractivity contribution is -0.125. The van der Waals surface area contributed by atoms with Gasteiger partial charge in [0, 0.05) is 25.3 Å². The highest BCUT2D eigenvalue weighted by molar-refractivity contribution is 8.15. The molecule has 2 aliphatic heterocycles. The normalized spacial score (nSPS) is 23.6. The van der Waals surface area contributed by atoms with Crippen molar-refractivity contribution in [2.45, 2.75) is 24.1 Å². The number of nitrogens with zero attached hydrogens (tertiary/aromatic N) is 1. The molecule has 1 saturated heterocycles. The van der Waals surface area contributed by atoms with E-state index in [1.807, 2.05) is 6.07 Å². The number of nitrogens with one attached hydrogen (secondary N) is 2. The fourth-order valence-corrected chi connectivity index (χ4v) is 4.41. The first kappa shape index (κ1) is 17.1. The van der Waals surface area contributed by atoms with Gasteiger partial charge in [-0.1, -0.05) is 11.8 Å². The number of H-pyrrole nitrogens is 1. The van der Waals surface area contributed by atoms with Gasteiger partial charge in [-0.2, -0.15) is 0 Å². The van der Waals surface area contributed by atoms with Crippen molar-refractivity contribution in [3.8, 4) is 0 Å². The van der Waals surface area contributed by atoms with E-state index in [1.54, 1.807) is 30.7 Å². The van der Waals surface area contributed by atoms with Crippen LogP contribution in [0.25, 0.3) is 0 Å². The van der Waals surface area contributed by atoms with Crippen molar-refractivity contribution in [2.75, 3.05) is 13.2 Å². The zero-order valence-electron chi connectivity index (χ0n) is 14.0. The van der Waals surface area contributed by atoms with Gasteiger partial charge in [-0.3, -0.25) is 14.9 Å². The van der Waals surface area contributed by atoms with Crippen molar-refractivity contribution in [1.29, 1.82) is 0 Å². The number of ether oxygens (including phenoxy) is 1. The first-order valence-corrected chi connectivity index (χ1v) is 9.44. The van der Waals surface area contributed by atoms with Crippen molar-refractivity contribution >= 4 is 28.6 Å². The summed E-state index contributed by atoms with van der Waals surface area (Å²) >= 11 is 1.30. The number of carbonyl (C=O) groups excluding carboxylic acids is 2. The number of hydrogen-bond donors (Lipinski definition) is 2. The number of furan rings is 1. The van der Waals surface area contributed by atoms with Crippen molar-refractivity contribution < 1.29 is 18.7 Å². The quantitative estimate of drug-likeness (QED) is 0.858. The van der Waals surface area contributed by atoms with Crippen LogP contribution in [0.2, 0.25) is 0 Å². The summed E-state index contributed by atoms with van der Waals surface area (Å²) in [4.78, 5) is 32.8. The Balaban J connectivity index is 1.53. The molecule has 2 unspecified atom stereocenters. The van der Waals surface area contributed by atoms with Gasteiger partial charge in [0.25, 0.3) is 5.91 Å². The van der Waals surface area contributed by atoms with E-state index in [1.165, 1.54) is 11.8 Å². The van der Waals surface area contributed by atoms with Gasteiger partial charge in [0.2, 0.25) is 0 Å². The predicted molar refractivity (Wildman–Crippen MR) is 97.1 cm³/mol. The molecule has 26 heavy (non-hydrogen) atoms.